The van der Waals surface area contributed by atoms with Gasteiger partial charge in [-0.2, -0.15) is 0 Å². The minimum Gasteiger partial charge on any atom is -0.463 e. The van der Waals surface area contributed by atoms with E-state index in [0.29, 0.717) is 33.9 Å². The summed E-state index contributed by atoms with van der Waals surface area (Å²) >= 11 is 13.6. The summed E-state index contributed by atoms with van der Waals surface area (Å²) in [6, 6.07) is 15.2. The number of amidine groups is 1. The molecule has 186 valence electrons. The van der Waals surface area contributed by atoms with E-state index in [9.17, 15) is 4.79 Å². The van der Waals surface area contributed by atoms with Gasteiger partial charge in [-0.05, 0) is 49.6 Å². The number of allylic oxidation sites excluding steroid dienone is 1. The molecule has 0 radical (unpaired) electrons. The van der Waals surface area contributed by atoms with Crippen LogP contribution in [0.4, 0.5) is 0 Å². The average molecular weight is 542 g/mol. The highest BCUT2D eigenvalue weighted by Crippen LogP contribution is 2.39. The molecule has 0 saturated carbocycles. The third-order valence-corrected chi connectivity index (χ3v) is 7.18. The largest absolute Gasteiger partial charge is 0.463 e. The van der Waals surface area contributed by atoms with Crippen LogP contribution in [0.2, 0.25) is 10.3 Å². The van der Waals surface area contributed by atoms with Crippen molar-refractivity contribution in [2.45, 2.75) is 39.1 Å². The molecule has 1 atom stereocenters. The Morgan fingerprint density at radius 3 is 2.19 bits per heavy atom. The standard InChI is InChI=1S/C27H26Cl2N4O2S/c1-4-35-26(34)24-18(3)32-27(36-16-20-8-12-23(29)31-14-20)33(15-19-7-11-22(28)30-13-19)25(24)21-9-5-17(2)6-10-21/h5-14,25H,4,15-16H2,1-3H3. The smallest absolute Gasteiger partial charge is 0.338 e. The fourth-order valence-corrected chi connectivity index (χ4v) is 5.13. The van der Waals surface area contributed by atoms with Gasteiger partial charge in [0.1, 0.15) is 10.3 Å². The van der Waals surface area contributed by atoms with E-state index >= 15 is 0 Å². The normalized spacial score (nSPS) is 15.6. The molecule has 6 nitrogen and oxygen atoms in total. The van der Waals surface area contributed by atoms with E-state index in [1.54, 1.807) is 43.2 Å². The lowest BCUT2D eigenvalue weighted by atomic mass is 9.93. The van der Waals surface area contributed by atoms with Crippen molar-refractivity contribution >= 4 is 46.1 Å². The molecule has 2 aromatic heterocycles. The Hall–Kier alpha value is -2.87. The van der Waals surface area contributed by atoms with Gasteiger partial charge >= 0.3 is 5.97 Å². The molecule has 9 heteroatoms. The molecule has 0 spiro atoms. The predicted molar refractivity (Wildman–Crippen MR) is 146 cm³/mol. The molecule has 1 unspecified atom stereocenters. The SMILES string of the molecule is CCOC(=O)C1=C(C)N=C(SCc2ccc(Cl)nc2)N(Cc2ccc(Cl)nc2)C1c1ccc(C)cc1. The Kier molecular flexibility index (Phi) is 8.67. The summed E-state index contributed by atoms with van der Waals surface area (Å²) in [5.41, 5.74) is 5.25. The molecule has 3 aromatic rings. The number of rotatable bonds is 7. The number of aryl methyl sites for hydroxylation is 1. The molecule has 0 fully saturated rings. The van der Waals surface area contributed by atoms with Gasteiger partial charge in [-0.25, -0.2) is 19.8 Å². The molecular formula is C27H26Cl2N4O2S. The van der Waals surface area contributed by atoms with Crippen LogP contribution in [0, 0.1) is 6.92 Å². The van der Waals surface area contributed by atoms with Crippen LogP contribution in [-0.2, 0) is 21.8 Å². The van der Waals surface area contributed by atoms with Crippen LogP contribution >= 0.6 is 35.0 Å². The van der Waals surface area contributed by atoms with Crippen molar-refractivity contribution in [3.05, 3.63) is 105 Å². The number of benzene rings is 1. The van der Waals surface area contributed by atoms with E-state index in [2.05, 4.69) is 27.0 Å². The number of aliphatic imine (C=N–C) groups is 1. The zero-order valence-electron chi connectivity index (χ0n) is 20.2. The van der Waals surface area contributed by atoms with Crippen LogP contribution in [0.3, 0.4) is 0 Å². The molecule has 0 N–H and O–H groups in total. The van der Waals surface area contributed by atoms with Gasteiger partial charge in [0, 0.05) is 24.7 Å². The number of carbonyl (C=O) groups excluding carboxylic acids is 1. The second kappa shape index (κ2) is 11.9. The summed E-state index contributed by atoms with van der Waals surface area (Å²) in [7, 11) is 0. The lowest BCUT2D eigenvalue weighted by Crippen LogP contribution is -2.39. The lowest BCUT2D eigenvalue weighted by molar-refractivity contribution is -0.139. The maximum Gasteiger partial charge on any atom is 0.338 e. The van der Waals surface area contributed by atoms with Gasteiger partial charge in [0.25, 0.3) is 0 Å². The molecular weight excluding hydrogens is 515 g/mol. The Balaban J connectivity index is 1.78. The first-order valence-corrected chi connectivity index (χ1v) is 13.2. The summed E-state index contributed by atoms with van der Waals surface area (Å²) in [6.45, 7) is 6.46. The quantitative estimate of drug-likeness (QED) is 0.243. The monoisotopic (exact) mass is 540 g/mol. The van der Waals surface area contributed by atoms with Gasteiger partial charge in [-0.3, -0.25) is 0 Å². The van der Waals surface area contributed by atoms with E-state index in [-0.39, 0.29) is 18.6 Å². The lowest BCUT2D eigenvalue weighted by Gasteiger charge is -2.38. The van der Waals surface area contributed by atoms with Gasteiger partial charge in [0.2, 0.25) is 0 Å². The third-order valence-electron chi connectivity index (χ3n) is 5.67. The second-order valence-corrected chi connectivity index (χ2v) is 10.0. The Morgan fingerprint density at radius 2 is 1.61 bits per heavy atom. The molecule has 4 rings (SSSR count). The first-order chi connectivity index (χ1) is 17.4. The van der Waals surface area contributed by atoms with Crippen LogP contribution in [0.25, 0.3) is 0 Å². The molecule has 0 aliphatic carbocycles. The van der Waals surface area contributed by atoms with Gasteiger partial charge in [0.15, 0.2) is 5.17 Å². The molecule has 1 aliphatic rings. The second-order valence-electron chi connectivity index (χ2n) is 8.32. The number of halogens is 2. The maximum absolute atomic E-state index is 13.2. The topological polar surface area (TPSA) is 67.7 Å². The number of ether oxygens (including phenoxy) is 1. The van der Waals surface area contributed by atoms with Crippen LogP contribution in [0.15, 0.2) is 77.2 Å². The van der Waals surface area contributed by atoms with Crippen molar-refractivity contribution in [2.75, 3.05) is 6.61 Å². The zero-order chi connectivity index (χ0) is 25.7. The molecule has 0 bridgehead atoms. The zero-order valence-corrected chi connectivity index (χ0v) is 22.6. The number of hydrogen-bond donors (Lipinski definition) is 0. The maximum atomic E-state index is 13.2. The average Bonchev–Trinajstić information content (AvgIpc) is 2.86. The molecule has 0 amide bonds. The molecule has 1 aromatic carbocycles. The molecule has 3 heterocycles. The Labute approximate surface area is 225 Å². The van der Waals surface area contributed by atoms with Gasteiger partial charge in [-0.1, -0.05) is 76.9 Å². The van der Waals surface area contributed by atoms with Crippen LogP contribution in [0.5, 0.6) is 0 Å². The van der Waals surface area contributed by atoms with Crippen molar-refractivity contribution in [3.63, 3.8) is 0 Å². The number of hydrogen-bond acceptors (Lipinski definition) is 7. The van der Waals surface area contributed by atoms with Crippen LogP contribution in [-0.4, -0.2) is 32.6 Å². The van der Waals surface area contributed by atoms with Crippen molar-refractivity contribution in [1.29, 1.82) is 0 Å². The highest BCUT2D eigenvalue weighted by atomic mass is 35.5. The third kappa shape index (κ3) is 6.27. The first-order valence-electron chi connectivity index (χ1n) is 11.5. The fraction of sp³-hybridized carbons (Fsp3) is 0.259. The number of nitrogens with zero attached hydrogens (tertiary/aromatic N) is 4. The number of thioether (sulfide) groups is 1. The van der Waals surface area contributed by atoms with Crippen LogP contribution < -0.4 is 0 Å². The van der Waals surface area contributed by atoms with Crippen molar-refractivity contribution in [2.24, 2.45) is 4.99 Å². The van der Waals surface area contributed by atoms with E-state index < -0.39 is 0 Å². The number of carbonyl (C=O) groups is 1. The van der Waals surface area contributed by atoms with Crippen molar-refractivity contribution in [1.82, 2.24) is 14.9 Å². The molecule has 36 heavy (non-hydrogen) atoms. The van der Waals surface area contributed by atoms with Crippen LogP contribution in [0.1, 0.15) is 42.1 Å². The summed E-state index contributed by atoms with van der Waals surface area (Å²) < 4.78 is 5.47. The van der Waals surface area contributed by atoms with Gasteiger partial charge in [0.05, 0.1) is 23.9 Å². The fourth-order valence-electron chi connectivity index (χ4n) is 3.91. The van der Waals surface area contributed by atoms with Gasteiger partial charge < -0.3 is 9.64 Å². The molecule has 1 aliphatic heterocycles. The first kappa shape index (κ1) is 26.2. The Bertz CT molecular complexity index is 1280. The number of aromatic nitrogens is 2. The van der Waals surface area contributed by atoms with Crippen molar-refractivity contribution in [3.8, 4) is 0 Å². The van der Waals surface area contributed by atoms with E-state index in [1.807, 2.05) is 38.1 Å². The summed E-state index contributed by atoms with van der Waals surface area (Å²) in [6.07, 6.45) is 3.51. The predicted octanol–water partition coefficient (Wildman–Crippen LogP) is 6.78. The minimum atomic E-state index is -0.385. The highest BCUT2D eigenvalue weighted by molar-refractivity contribution is 8.13. The number of pyridine rings is 2. The van der Waals surface area contributed by atoms with E-state index in [0.717, 1.165) is 27.4 Å². The summed E-state index contributed by atoms with van der Waals surface area (Å²) in [5.74, 6) is 0.274. The highest BCUT2D eigenvalue weighted by Gasteiger charge is 2.37. The summed E-state index contributed by atoms with van der Waals surface area (Å²) in [5, 5.41) is 1.66. The van der Waals surface area contributed by atoms with E-state index in [4.69, 9.17) is 32.9 Å². The van der Waals surface area contributed by atoms with E-state index in [1.165, 1.54) is 0 Å². The van der Waals surface area contributed by atoms with Gasteiger partial charge in [-0.15, -0.1) is 0 Å². The number of esters is 1. The minimum absolute atomic E-state index is 0.284. The Morgan fingerprint density at radius 1 is 0.972 bits per heavy atom. The van der Waals surface area contributed by atoms with Crippen molar-refractivity contribution < 1.29 is 9.53 Å². The summed E-state index contributed by atoms with van der Waals surface area (Å²) in [4.78, 5) is 28.6. The molecule has 0 saturated heterocycles.